The third-order valence-corrected chi connectivity index (χ3v) is 4.03. The zero-order valence-corrected chi connectivity index (χ0v) is 14.5. The Morgan fingerprint density at radius 1 is 1.12 bits per heavy atom. The van der Waals surface area contributed by atoms with Crippen LogP contribution in [-0.4, -0.2) is 32.1 Å². The van der Waals surface area contributed by atoms with E-state index in [0.717, 1.165) is 12.8 Å². The second-order valence-corrected chi connectivity index (χ2v) is 5.88. The molecule has 0 saturated heterocycles. The predicted octanol–water partition coefficient (Wildman–Crippen LogP) is 3.80. The summed E-state index contributed by atoms with van der Waals surface area (Å²) < 4.78 is 16.1. The van der Waals surface area contributed by atoms with E-state index in [-0.39, 0.29) is 11.9 Å². The molecule has 130 valence electrons. The number of hydrogen-bond acceptors (Lipinski definition) is 5. The molecule has 1 heterocycles. The number of rotatable bonds is 2. The van der Waals surface area contributed by atoms with Crippen LogP contribution in [-0.2, 0) is 9.53 Å². The van der Waals surface area contributed by atoms with Gasteiger partial charge in [0.1, 0.15) is 22.8 Å². The predicted molar refractivity (Wildman–Crippen MR) is 91.5 cm³/mol. The number of methoxy groups -OCH3 is 2. The molecule has 0 saturated carbocycles. The Hall–Kier alpha value is -2.30. The molecule has 0 spiro atoms. The monoisotopic (exact) mass is 332 g/mol. The fraction of sp³-hybridized carbons (Fsp3) is 0.474. The molecule has 0 N–H and O–H groups in total. The van der Waals surface area contributed by atoms with Crippen molar-refractivity contribution in [1.82, 2.24) is 0 Å². The Kier molecular flexibility index (Phi) is 6.41. The van der Waals surface area contributed by atoms with E-state index in [9.17, 15) is 9.59 Å². The lowest BCUT2D eigenvalue weighted by atomic mass is 10.0. The molecule has 1 aliphatic rings. The van der Waals surface area contributed by atoms with Gasteiger partial charge in [0.25, 0.3) is 0 Å². The summed E-state index contributed by atoms with van der Waals surface area (Å²) in [4.78, 5) is 24.4. The molecule has 1 aromatic rings. The number of esters is 1. The third-order valence-electron chi connectivity index (χ3n) is 4.03. The Balaban J connectivity index is 2.42. The number of benzene rings is 1. The number of cyclic esters (lactones) is 1. The van der Waals surface area contributed by atoms with Crippen molar-refractivity contribution in [3.05, 3.63) is 29.3 Å². The topological polar surface area (TPSA) is 61.8 Å². The van der Waals surface area contributed by atoms with Gasteiger partial charge in [0, 0.05) is 18.9 Å². The molecule has 1 aliphatic heterocycles. The van der Waals surface area contributed by atoms with E-state index in [1.807, 2.05) is 12.2 Å². The molecule has 0 aromatic heterocycles. The van der Waals surface area contributed by atoms with Crippen molar-refractivity contribution in [3.63, 3.8) is 0 Å². The summed E-state index contributed by atoms with van der Waals surface area (Å²) in [6.45, 7) is 1.80. The van der Waals surface area contributed by atoms with Crippen LogP contribution in [0.2, 0.25) is 0 Å². The highest BCUT2D eigenvalue weighted by atomic mass is 16.5. The van der Waals surface area contributed by atoms with Crippen LogP contribution in [0.4, 0.5) is 0 Å². The van der Waals surface area contributed by atoms with E-state index in [0.29, 0.717) is 41.9 Å². The first kappa shape index (κ1) is 18.0. The number of fused-ring (bicyclic) bond motifs is 1. The van der Waals surface area contributed by atoms with Crippen LogP contribution in [0.15, 0.2) is 18.2 Å². The minimum absolute atomic E-state index is 0.210. The SMILES string of the molecule is COc1cc2c(c(OC)c1)C(=O)OC(C)CCC(=O)CCCC=C2. The fourth-order valence-corrected chi connectivity index (χ4v) is 2.66. The first-order valence-electron chi connectivity index (χ1n) is 8.20. The summed E-state index contributed by atoms with van der Waals surface area (Å²) in [6, 6.07) is 3.45. The minimum Gasteiger partial charge on any atom is -0.497 e. The van der Waals surface area contributed by atoms with Crippen LogP contribution < -0.4 is 9.47 Å². The third kappa shape index (κ3) is 4.60. The lowest BCUT2D eigenvalue weighted by Gasteiger charge is -2.16. The van der Waals surface area contributed by atoms with Gasteiger partial charge in [-0.25, -0.2) is 4.79 Å². The van der Waals surface area contributed by atoms with Gasteiger partial charge in [-0.3, -0.25) is 4.79 Å². The molecule has 5 heteroatoms. The zero-order valence-electron chi connectivity index (χ0n) is 14.5. The average Bonchev–Trinajstić information content (AvgIpc) is 2.58. The number of carbonyl (C=O) groups is 2. The molecule has 1 atom stereocenters. The van der Waals surface area contributed by atoms with Gasteiger partial charge in [0.15, 0.2) is 0 Å². The van der Waals surface area contributed by atoms with E-state index in [1.165, 1.54) is 7.11 Å². The highest BCUT2D eigenvalue weighted by Gasteiger charge is 2.22. The van der Waals surface area contributed by atoms with Crippen molar-refractivity contribution < 1.29 is 23.8 Å². The first-order chi connectivity index (χ1) is 11.5. The number of ketones is 1. The van der Waals surface area contributed by atoms with E-state index in [4.69, 9.17) is 14.2 Å². The molecular weight excluding hydrogens is 308 g/mol. The van der Waals surface area contributed by atoms with Crippen LogP contribution in [0.1, 0.15) is 54.9 Å². The van der Waals surface area contributed by atoms with Crippen LogP contribution in [0, 0.1) is 0 Å². The van der Waals surface area contributed by atoms with Crippen molar-refractivity contribution in [1.29, 1.82) is 0 Å². The Morgan fingerprint density at radius 2 is 1.92 bits per heavy atom. The van der Waals surface area contributed by atoms with Crippen LogP contribution in [0.3, 0.4) is 0 Å². The van der Waals surface area contributed by atoms with Gasteiger partial charge in [-0.2, -0.15) is 0 Å². The van der Waals surface area contributed by atoms with E-state index >= 15 is 0 Å². The van der Waals surface area contributed by atoms with Gasteiger partial charge in [-0.1, -0.05) is 12.2 Å². The van der Waals surface area contributed by atoms with E-state index in [1.54, 1.807) is 26.2 Å². The maximum atomic E-state index is 12.6. The lowest BCUT2D eigenvalue weighted by molar-refractivity contribution is -0.119. The van der Waals surface area contributed by atoms with Crippen molar-refractivity contribution in [2.45, 2.75) is 45.1 Å². The number of allylic oxidation sites excluding steroid dienone is 1. The van der Waals surface area contributed by atoms with Crippen molar-refractivity contribution in [2.75, 3.05) is 14.2 Å². The van der Waals surface area contributed by atoms with Crippen LogP contribution >= 0.6 is 0 Å². The van der Waals surface area contributed by atoms with Gasteiger partial charge in [0.05, 0.1) is 20.3 Å². The molecule has 0 radical (unpaired) electrons. The largest absolute Gasteiger partial charge is 0.497 e. The lowest BCUT2D eigenvalue weighted by Crippen LogP contribution is -2.18. The maximum absolute atomic E-state index is 12.6. The molecule has 5 nitrogen and oxygen atoms in total. The molecule has 0 bridgehead atoms. The van der Waals surface area contributed by atoms with Gasteiger partial charge < -0.3 is 14.2 Å². The first-order valence-corrected chi connectivity index (χ1v) is 8.20. The number of carbonyl (C=O) groups excluding carboxylic acids is 2. The minimum atomic E-state index is -0.451. The molecule has 1 unspecified atom stereocenters. The van der Waals surface area contributed by atoms with Gasteiger partial charge in [-0.15, -0.1) is 0 Å². The average molecular weight is 332 g/mol. The molecule has 0 amide bonds. The van der Waals surface area contributed by atoms with Gasteiger partial charge >= 0.3 is 5.97 Å². The number of Topliss-reactive ketones (excluding diaryl/α,β-unsaturated/α-hetero) is 1. The molecule has 1 aromatic carbocycles. The van der Waals surface area contributed by atoms with Crippen molar-refractivity contribution in [3.8, 4) is 11.5 Å². The van der Waals surface area contributed by atoms with Crippen LogP contribution in [0.25, 0.3) is 6.08 Å². The molecular formula is C19H24O5. The maximum Gasteiger partial charge on any atom is 0.342 e. The second kappa shape index (κ2) is 8.52. The van der Waals surface area contributed by atoms with E-state index in [2.05, 4.69) is 0 Å². The summed E-state index contributed by atoms with van der Waals surface area (Å²) in [7, 11) is 3.08. The summed E-state index contributed by atoms with van der Waals surface area (Å²) in [6.07, 6.45) is 6.58. The Morgan fingerprint density at radius 3 is 2.62 bits per heavy atom. The quantitative estimate of drug-likeness (QED) is 0.771. The fourth-order valence-electron chi connectivity index (χ4n) is 2.66. The summed E-state index contributed by atoms with van der Waals surface area (Å²) in [5, 5.41) is 0. The summed E-state index contributed by atoms with van der Waals surface area (Å²) in [5.41, 5.74) is 1.07. The highest BCUT2D eigenvalue weighted by Crippen LogP contribution is 2.31. The molecule has 0 fully saturated rings. The Labute approximate surface area is 142 Å². The Bertz CT molecular complexity index is 633. The van der Waals surface area contributed by atoms with Crippen molar-refractivity contribution >= 4 is 17.8 Å². The van der Waals surface area contributed by atoms with Crippen molar-refractivity contribution in [2.24, 2.45) is 0 Å². The molecule has 24 heavy (non-hydrogen) atoms. The second-order valence-electron chi connectivity index (χ2n) is 5.88. The van der Waals surface area contributed by atoms with Gasteiger partial charge in [-0.05, 0) is 37.8 Å². The number of hydrogen-bond donors (Lipinski definition) is 0. The summed E-state index contributed by atoms with van der Waals surface area (Å²) in [5.74, 6) is 0.781. The molecule has 2 rings (SSSR count). The summed E-state index contributed by atoms with van der Waals surface area (Å²) >= 11 is 0. The van der Waals surface area contributed by atoms with E-state index < -0.39 is 5.97 Å². The highest BCUT2D eigenvalue weighted by molar-refractivity contribution is 5.97. The zero-order chi connectivity index (χ0) is 17.5. The smallest absolute Gasteiger partial charge is 0.342 e. The molecule has 0 aliphatic carbocycles. The number of ether oxygens (including phenoxy) is 3. The van der Waals surface area contributed by atoms with Crippen LogP contribution in [0.5, 0.6) is 11.5 Å². The standard InChI is InChI=1S/C19H24O5/c1-13-9-10-15(20)8-6-4-5-7-14-11-16(22-2)12-17(23-3)18(14)19(21)24-13/h5,7,11-13H,4,6,8-10H2,1-3H3. The van der Waals surface area contributed by atoms with Gasteiger partial charge in [0.2, 0.25) is 0 Å². The normalized spacial score (nSPS) is 19.4.